The van der Waals surface area contributed by atoms with Crippen LogP contribution in [-0.4, -0.2) is 63.8 Å². The number of carbonyl (C=O) groups excluding carboxylic acids is 1. The van der Waals surface area contributed by atoms with Gasteiger partial charge in [0.25, 0.3) is 0 Å². The van der Waals surface area contributed by atoms with Crippen molar-refractivity contribution in [3.05, 3.63) is 35.8 Å². The monoisotopic (exact) mass is 461 g/mol. The molecule has 1 saturated heterocycles. The maximum absolute atomic E-state index is 12.6. The molecule has 34 heavy (non-hydrogen) atoms. The zero-order chi connectivity index (χ0) is 24.3. The molecule has 1 amide bonds. The van der Waals surface area contributed by atoms with Crippen LogP contribution < -0.4 is 9.80 Å². The van der Waals surface area contributed by atoms with Crippen LogP contribution in [0.1, 0.15) is 58.1 Å². The summed E-state index contributed by atoms with van der Waals surface area (Å²) in [5.41, 5.74) is 1.23. The van der Waals surface area contributed by atoms with Gasteiger partial charge in [-0.25, -0.2) is 19.7 Å². The van der Waals surface area contributed by atoms with Gasteiger partial charge in [-0.1, -0.05) is 6.42 Å². The van der Waals surface area contributed by atoms with Gasteiger partial charge in [0.1, 0.15) is 29.4 Å². The van der Waals surface area contributed by atoms with Gasteiger partial charge < -0.3 is 19.4 Å². The van der Waals surface area contributed by atoms with Gasteiger partial charge in [0.15, 0.2) is 0 Å². The number of anilines is 3. The third kappa shape index (κ3) is 3.52. The maximum atomic E-state index is 12.6. The number of fused-ring (bicyclic) bond motifs is 2. The fraction of sp³-hybridized carbons (Fsp3) is 0.560. The Hall–Kier alpha value is -3.41. The van der Waals surface area contributed by atoms with E-state index in [4.69, 9.17) is 9.72 Å². The molecule has 2 aromatic heterocycles. The molecular weight excluding hydrogens is 430 g/mol. The Morgan fingerprint density at radius 1 is 1.26 bits per heavy atom. The van der Waals surface area contributed by atoms with Crippen molar-refractivity contribution in [2.75, 3.05) is 29.9 Å². The Bertz CT molecular complexity index is 1160. The van der Waals surface area contributed by atoms with Gasteiger partial charge in [-0.2, -0.15) is 5.26 Å². The van der Waals surface area contributed by atoms with Crippen LogP contribution in [0, 0.1) is 11.3 Å². The van der Waals surface area contributed by atoms with Crippen molar-refractivity contribution in [1.29, 1.82) is 5.26 Å². The molecule has 1 saturated carbocycles. The van der Waals surface area contributed by atoms with Crippen LogP contribution in [0.4, 0.5) is 22.2 Å². The van der Waals surface area contributed by atoms with Gasteiger partial charge >= 0.3 is 6.09 Å². The van der Waals surface area contributed by atoms with Crippen LogP contribution in [0.15, 0.2) is 24.7 Å². The zero-order valence-electron chi connectivity index (χ0n) is 20.4. The van der Waals surface area contributed by atoms with Gasteiger partial charge in [-0.3, -0.25) is 0 Å². The van der Waals surface area contributed by atoms with Crippen molar-refractivity contribution >= 4 is 23.5 Å². The summed E-state index contributed by atoms with van der Waals surface area (Å²) in [5, 5.41) is 9.35. The summed E-state index contributed by atoms with van der Waals surface area (Å²) in [7, 11) is 1.81. The van der Waals surface area contributed by atoms with E-state index in [1.807, 2.05) is 26.8 Å². The highest BCUT2D eigenvalue weighted by Crippen LogP contribution is 2.56. The molecule has 2 aliphatic heterocycles. The van der Waals surface area contributed by atoms with E-state index in [9.17, 15) is 10.1 Å². The van der Waals surface area contributed by atoms with Gasteiger partial charge in [-0.05, 0) is 52.7 Å². The standard InChI is InChI=1S/C25H31N7O2/c1-16-18(30(5)23(33)34-24(2,3)4)13-31(16)21-20-22(29-15-28-21)32(14-25(20)8-6-9-25)19-11-17(12-26)7-10-27-19/h7,10-11,15-16,18H,6,8-9,13-14H2,1-5H3/t16-,18-/m0/s1. The largest absolute Gasteiger partial charge is 0.444 e. The molecule has 2 atom stereocenters. The Morgan fingerprint density at radius 2 is 2.00 bits per heavy atom. The smallest absolute Gasteiger partial charge is 0.410 e. The molecule has 0 unspecified atom stereocenters. The molecule has 2 aromatic rings. The van der Waals surface area contributed by atoms with E-state index in [0.717, 1.165) is 36.8 Å². The van der Waals surface area contributed by atoms with E-state index < -0.39 is 5.60 Å². The highest BCUT2D eigenvalue weighted by molar-refractivity contribution is 5.76. The first kappa shape index (κ1) is 22.4. The fourth-order valence-corrected chi connectivity index (χ4v) is 5.34. The van der Waals surface area contributed by atoms with Gasteiger partial charge in [0.2, 0.25) is 0 Å². The second kappa shape index (κ2) is 7.83. The minimum atomic E-state index is -0.525. The predicted molar refractivity (Wildman–Crippen MR) is 128 cm³/mol. The number of pyridine rings is 1. The van der Waals surface area contributed by atoms with E-state index in [1.165, 1.54) is 12.0 Å². The number of nitriles is 1. The van der Waals surface area contributed by atoms with E-state index in [-0.39, 0.29) is 23.6 Å². The Balaban J connectivity index is 1.44. The summed E-state index contributed by atoms with van der Waals surface area (Å²) in [5.74, 6) is 2.57. The molecule has 5 rings (SSSR count). The maximum Gasteiger partial charge on any atom is 0.410 e. The molecule has 0 N–H and O–H groups in total. The van der Waals surface area contributed by atoms with Crippen molar-refractivity contribution in [3.63, 3.8) is 0 Å². The van der Waals surface area contributed by atoms with Gasteiger partial charge in [-0.15, -0.1) is 0 Å². The second-order valence-corrected chi connectivity index (χ2v) is 10.7. The number of hydrogen-bond donors (Lipinski definition) is 0. The average Bonchev–Trinajstić information content (AvgIpc) is 3.14. The normalized spacial score (nSPS) is 22.5. The van der Waals surface area contributed by atoms with Crippen molar-refractivity contribution in [2.45, 2.75) is 70.1 Å². The molecule has 3 aliphatic rings. The van der Waals surface area contributed by atoms with Crippen molar-refractivity contribution in [1.82, 2.24) is 19.9 Å². The number of rotatable bonds is 3. The summed E-state index contributed by atoms with van der Waals surface area (Å²) in [4.78, 5) is 32.7. The Morgan fingerprint density at radius 3 is 2.62 bits per heavy atom. The van der Waals surface area contributed by atoms with E-state index in [0.29, 0.717) is 12.1 Å². The van der Waals surface area contributed by atoms with E-state index >= 15 is 0 Å². The number of nitrogens with zero attached hydrogens (tertiary/aromatic N) is 7. The lowest BCUT2D eigenvalue weighted by Crippen LogP contribution is -2.66. The Kier molecular flexibility index (Phi) is 5.15. The fourth-order valence-electron chi connectivity index (χ4n) is 5.34. The first-order valence-corrected chi connectivity index (χ1v) is 11.9. The third-order valence-corrected chi connectivity index (χ3v) is 7.40. The van der Waals surface area contributed by atoms with Crippen molar-refractivity contribution in [3.8, 4) is 6.07 Å². The molecule has 1 aliphatic carbocycles. The molecule has 9 nitrogen and oxygen atoms in total. The van der Waals surface area contributed by atoms with Crippen LogP contribution in [0.2, 0.25) is 0 Å². The van der Waals surface area contributed by atoms with Crippen LogP contribution in [-0.2, 0) is 10.2 Å². The molecule has 0 bridgehead atoms. The molecule has 1 spiro atoms. The quantitative estimate of drug-likeness (QED) is 0.681. The predicted octanol–water partition coefficient (Wildman–Crippen LogP) is 3.76. The van der Waals surface area contributed by atoms with Crippen molar-refractivity contribution in [2.24, 2.45) is 0 Å². The van der Waals surface area contributed by atoms with Crippen LogP contribution in [0.5, 0.6) is 0 Å². The number of hydrogen-bond acceptors (Lipinski definition) is 8. The number of carbonyl (C=O) groups is 1. The van der Waals surface area contributed by atoms with Crippen LogP contribution >= 0.6 is 0 Å². The van der Waals surface area contributed by atoms with E-state index in [2.05, 4.69) is 32.8 Å². The summed E-state index contributed by atoms with van der Waals surface area (Å²) >= 11 is 0. The summed E-state index contributed by atoms with van der Waals surface area (Å²) in [6, 6.07) is 5.89. The molecule has 178 valence electrons. The Labute approximate surface area is 200 Å². The lowest BCUT2D eigenvalue weighted by Gasteiger charge is -2.52. The number of ether oxygens (including phenoxy) is 1. The average molecular weight is 462 g/mol. The number of amides is 1. The molecule has 2 fully saturated rings. The van der Waals surface area contributed by atoms with Gasteiger partial charge in [0, 0.05) is 43.4 Å². The minimum absolute atomic E-state index is 0.00186. The van der Waals surface area contributed by atoms with Crippen molar-refractivity contribution < 1.29 is 9.53 Å². The first-order valence-electron chi connectivity index (χ1n) is 11.9. The SMILES string of the molecule is C[C@H]1[C@@H](N(C)C(=O)OC(C)(C)C)CN1c1ncnc2c1C1(CCC1)CN2c1cc(C#N)ccn1. The molecule has 4 heterocycles. The highest BCUT2D eigenvalue weighted by Gasteiger charge is 2.53. The molecule has 0 radical (unpaired) electrons. The van der Waals surface area contributed by atoms with Gasteiger partial charge in [0.05, 0.1) is 17.7 Å². The lowest BCUT2D eigenvalue weighted by molar-refractivity contribution is 0.0151. The third-order valence-electron chi connectivity index (χ3n) is 7.40. The van der Waals surface area contributed by atoms with Crippen LogP contribution in [0.25, 0.3) is 0 Å². The summed E-state index contributed by atoms with van der Waals surface area (Å²) in [6.07, 6.45) is 6.33. The first-order chi connectivity index (χ1) is 16.1. The minimum Gasteiger partial charge on any atom is -0.444 e. The second-order valence-electron chi connectivity index (χ2n) is 10.7. The summed E-state index contributed by atoms with van der Waals surface area (Å²) in [6.45, 7) is 9.25. The summed E-state index contributed by atoms with van der Waals surface area (Å²) < 4.78 is 5.57. The lowest BCUT2D eigenvalue weighted by atomic mass is 9.65. The highest BCUT2D eigenvalue weighted by atomic mass is 16.6. The molecule has 0 aromatic carbocycles. The molecule has 9 heteroatoms. The molecular formula is C25H31N7O2. The zero-order valence-corrected chi connectivity index (χ0v) is 20.4. The number of likely N-dealkylation sites (N-methyl/N-ethyl adjacent to an activating group) is 1. The van der Waals surface area contributed by atoms with E-state index in [1.54, 1.807) is 30.5 Å². The number of aromatic nitrogens is 3. The topological polar surface area (TPSA) is 98.5 Å². The van der Waals surface area contributed by atoms with Crippen LogP contribution in [0.3, 0.4) is 0 Å².